The van der Waals surface area contributed by atoms with Gasteiger partial charge < -0.3 is 19.8 Å². The molecular weight excluding hydrogens is 291 g/mol. The summed E-state index contributed by atoms with van der Waals surface area (Å²) in [6.45, 7) is 3.60. The topological polar surface area (TPSA) is 80.3 Å². The van der Waals surface area contributed by atoms with Gasteiger partial charge in [-0.05, 0) is 12.8 Å². The first kappa shape index (κ1) is 23.5. The molecule has 0 N–H and O–H groups in total. The van der Waals surface area contributed by atoms with E-state index in [0.717, 1.165) is 0 Å². The van der Waals surface area contributed by atoms with Crippen LogP contribution in [-0.2, 0) is 26.1 Å². The Bertz CT molecular complexity index is 176. The van der Waals surface area contributed by atoms with Crippen LogP contribution in [0.15, 0.2) is 0 Å². The van der Waals surface area contributed by atoms with Gasteiger partial charge in [-0.2, -0.15) is 0 Å². The molecule has 0 unspecified atom stereocenters. The monoisotopic (exact) mass is 316 g/mol. The van der Waals surface area contributed by atoms with E-state index >= 15 is 0 Å². The summed E-state index contributed by atoms with van der Waals surface area (Å²) in [5.41, 5.74) is 0. The van der Waals surface area contributed by atoms with Crippen molar-refractivity contribution in [3.05, 3.63) is 0 Å². The summed E-state index contributed by atoms with van der Waals surface area (Å²) >= 11 is 0. The molecule has 19 heavy (non-hydrogen) atoms. The van der Waals surface area contributed by atoms with E-state index in [9.17, 15) is 19.8 Å². The van der Waals surface area contributed by atoms with Crippen LogP contribution in [0.1, 0.15) is 78.1 Å². The van der Waals surface area contributed by atoms with Gasteiger partial charge in [0.15, 0.2) is 0 Å². The van der Waals surface area contributed by atoms with E-state index in [2.05, 4.69) is 0 Å². The minimum Gasteiger partial charge on any atom is -0.550 e. The van der Waals surface area contributed by atoms with Crippen LogP contribution >= 0.6 is 0 Å². The number of carboxylic acid groups (broad SMARTS) is 2. The first-order valence-corrected chi connectivity index (χ1v) is 6.94. The number of hydrogen-bond donors (Lipinski definition) is 0. The summed E-state index contributed by atoms with van der Waals surface area (Å²) in [4.78, 5) is 19.0. The van der Waals surface area contributed by atoms with Crippen LogP contribution in [0.3, 0.4) is 0 Å². The van der Waals surface area contributed by atoms with Crippen molar-refractivity contribution in [2.75, 3.05) is 0 Å². The first-order valence-electron chi connectivity index (χ1n) is 6.94. The Balaban J connectivity index is -0.000000197. The number of rotatable bonds is 4. The van der Waals surface area contributed by atoms with Gasteiger partial charge in [-0.3, -0.25) is 0 Å². The Hall–Kier alpha value is -0.566. The summed E-state index contributed by atoms with van der Waals surface area (Å²) in [5, 5.41) is 19.0. The molecular formula is C14H26NiO4. The molecule has 116 valence electrons. The van der Waals surface area contributed by atoms with Crippen molar-refractivity contribution in [1.29, 1.82) is 0 Å². The molecule has 0 amide bonds. The zero-order chi connectivity index (χ0) is 14.2. The molecule has 0 bridgehead atoms. The Morgan fingerprint density at radius 1 is 0.737 bits per heavy atom. The van der Waals surface area contributed by atoms with Crippen molar-refractivity contribution < 1.29 is 36.3 Å². The zero-order valence-corrected chi connectivity index (χ0v) is 13.0. The second-order valence-electron chi connectivity index (χ2n) is 4.37. The number of aliphatic carboxylic acids is 2. The molecule has 1 aliphatic rings. The zero-order valence-electron chi connectivity index (χ0n) is 12.0. The standard InChI is InChI=1S/C6H12.2C4H8O2.Ni/c1-2-4-6-5-3-1;2*1-2-3-4(5)6;/h1-6H2;2*2-3H2,1H3,(H,5,6);/q;;;+2/p-2. The fourth-order valence-electron chi connectivity index (χ4n) is 1.47. The Morgan fingerprint density at radius 3 is 1.00 bits per heavy atom. The average molecular weight is 317 g/mol. The van der Waals surface area contributed by atoms with Crippen LogP contribution in [0.5, 0.6) is 0 Å². The molecule has 1 aliphatic carbocycles. The number of carbonyl (C=O) groups excluding carboxylic acids is 2. The van der Waals surface area contributed by atoms with Crippen molar-refractivity contribution in [3.8, 4) is 0 Å². The van der Waals surface area contributed by atoms with Gasteiger partial charge in [0.05, 0.1) is 0 Å². The predicted octanol–water partition coefficient (Wildman–Crippen LogP) is 1.41. The maximum absolute atomic E-state index is 9.49. The van der Waals surface area contributed by atoms with Crippen LogP contribution in [-0.4, -0.2) is 11.9 Å². The second kappa shape index (κ2) is 19.8. The van der Waals surface area contributed by atoms with Gasteiger partial charge in [0, 0.05) is 11.9 Å². The van der Waals surface area contributed by atoms with E-state index in [4.69, 9.17) is 0 Å². The molecule has 0 atom stereocenters. The summed E-state index contributed by atoms with van der Waals surface area (Å²) in [6, 6.07) is 0. The van der Waals surface area contributed by atoms with Gasteiger partial charge in [0.2, 0.25) is 0 Å². The SMILES string of the molecule is C1CCCCC1.CCCC(=O)[O-].CCCC(=O)[O-].[Ni+2]. The van der Waals surface area contributed by atoms with Crippen molar-refractivity contribution in [3.63, 3.8) is 0 Å². The van der Waals surface area contributed by atoms with Gasteiger partial charge in [-0.1, -0.05) is 65.2 Å². The molecule has 0 radical (unpaired) electrons. The third-order valence-corrected chi connectivity index (χ3v) is 2.41. The number of carbonyl (C=O) groups is 2. The van der Waals surface area contributed by atoms with Gasteiger partial charge >= 0.3 is 16.5 Å². The fraction of sp³-hybridized carbons (Fsp3) is 0.857. The Kier molecular flexibility index (Phi) is 24.5. The first-order chi connectivity index (χ1) is 8.54. The van der Waals surface area contributed by atoms with Crippen LogP contribution in [0.2, 0.25) is 0 Å². The fourth-order valence-corrected chi connectivity index (χ4v) is 1.47. The Labute approximate surface area is 126 Å². The molecule has 5 heteroatoms. The normalized spacial score (nSPS) is 12.7. The van der Waals surface area contributed by atoms with Crippen LogP contribution in [0.25, 0.3) is 0 Å². The molecule has 0 heterocycles. The van der Waals surface area contributed by atoms with Crippen molar-refractivity contribution >= 4 is 11.9 Å². The largest absolute Gasteiger partial charge is 2.00 e. The van der Waals surface area contributed by atoms with Crippen molar-refractivity contribution in [2.45, 2.75) is 78.1 Å². The van der Waals surface area contributed by atoms with Gasteiger partial charge in [-0.25, -0.2) is 0 Å². The van der Waals surface area contributed by atoms with E-state index in [1.807, 2.05) is 0 Å². The summed E-state index contributed by atoms with van der Waals surface area (Å²) in [6.07, 6.45) is 10.7. The maximum Gasteiger partial charge on any atom is 2.00 e. The van der Waals surface area contributed by atoms with E-state index in [-0.39, 0.29) is 29.3 Å². The number of carboxylic acids is 2. The van der Waals surface area contributed by atoms with Crippen LogP contribution in [0, 0.1) is 0 Å². The van der Waals surface area contributed by atoms with Gasteiger partial charge in [0.25, 0.3) is 0 Å². The maximum atomic E-state index is 9.49. The summed E-state index contributed by atoms with van der Waals surface area (Å²) in [5.74, 6) is -1.92. The smallest absolute Gasteiger partial charge is 0.550 e. The second-order valence-corrected chi connectivity index (χ2v) is 4.37. The predicted molar refractivity (Wildman–Crippen MR) is 67.5 cm³/mol. The van der Waals surface area contributed by atoms with Crippen LogP contribution in [0.4, 0.5) is 0 Å². The summed E-state index contributed by atoms with van der Waals surface area (Å²) < 4.78 is 0. The average Bonchev–Trinajstić information content (AvgIpc) is 2.32. The minimum absolute atomic E-state index is 0. The Morgan fingerprint density at radius 2 is 0.947 bits per heavy atom. The molecule has 1 fully saturated rings. The molecule has 0 aromatic carbocycles. The van der Waals surface area contributed by atoms with Crippen molar-refractivity contribution in [2.24, 2.45) is 0 Å². The molecule has 1 saturated carbocycles. The van der Waals surface area contributed by atoms with Crippen LogP contribution < -0.4 is 10.2 Å². The molecule has 0 aromatic rings. The van der Waals surface area contributed by atoms with E-state index in [0.29, 0.717) is 12.8 Å². The van der Waals surface area contributed by atoms with E-state index < -0.39 is 11.9 Å². The third kappa shape index (κ3) is 31.8. The van der Waals surface area contributed by atoms with E-state index in [1.54, 1.807) is 13.8 Å². The quantitative estimate of drug-likeness (QED) is 0.734. The molecule has 0 saturated heterocycles. The molecule has 1 rings (SSSR count). The molecule has 0 spiro atoms. The molecule has 0 aromatic heterocycles. The van der Waals surface area contributed by atoms with Crippen molar-refractivity contribution in [1.82, 2.24) is 0 Å². The third-order valence-electron chi connectivity index (χ3n) is 2.41. The molecule has 4 nitrogen and oxygen atoms in total. The van der Waals surface area contributed by atoms with Gasteiger partial charge in [-0.15, -0.1) is 0 Å². The molecule has 0 aliphatic heterocycles. The summed E-state index contributed by atoms with van der Waals surface area (Å²) in [7, 11) is 0. The van der Waals surface area contributed by atoms with E-state index in [1.165, 1.54) is 38.5 Å². The minimum atomic E-state index is -0.961. The number of hydrogen-bond acceptors (Lipinski definition) is 4. The van der Waals surface area contributed by atoms with Gasteiger partial charge in [0.1, 0.15) is 0 Å².